The third-order valence-electron chi connectivity index (χ3n) is 4.63. The topological polar surface area (TPSA) is 35.6 Å². The molecule has 0 spiro atoms. The van der Waals surface area contributed by atoms with Gasteiger partial charge >= 0.3 is 0 Å². The van der Waals surface area contributed by atoms with Crippen LogP contribution in [0.2, 0.25) is 4.34 Å². The van der Waals surface area contributed by atoms with Crippen LogP contribution in [0.3, 0.4) is 0 Å². The fourth-order valence-corrected chi connectivity index (χ4v) is 4.12. The number of anilines is 1. The molecule has 2 aromatic rings. The van der Waals surface area contributed by atoms with Crippen molar-refractivity contribution in [2.75, 3.05) is 38.0 Å². The summed E-state index contributed by atoms with van der Waals surface area (Å²) in [6.45, 7) is 9.32. The molecular formula is C19H24ClN3OS. The minimum absolute atomic E-state index is 0.0572. The van der Waals surface area contributed by atoms with E-state index < -0.39 is 0 Å². The van der Waals surface area contributed by atoms with Crippen LogP contribution in [-0.4, -0.2) is 48.4 Å². The van der Waals surface area contributed by atoms with Crippen LogP contribution in [0, 0.1) is 13.8 Å². The standard InChI is InChI=1S/C19H24ClN3OS/c1-14-3-4-16(11-15(14)2)21-19(24)13-23-9-7-22(8-10-23)12-17-5-6-18(20)25-17/h3-6,11H,7-10,12-13H2,1-2H3,(H,21,24). The molecule has 1 aromatic carbocycles. The summed E-state index contributed by atoms with van der Waals surface area (Å²) in [5.41, 5.74) is 3.31. The van der Waals surface area contributed by atoms with Crippen molar-refractivity contribution in [1.29, 1.82) is 0 Å². The zero-order valence-corrected chi connectivity index (χ0v) is 16.3. The van der Waals surface area contributed by atoms with Gasteiger partial charge in [-0.25, -0.2) is 0 Å². The highest BCUT2D eigenvalue weighted by Gasteiger charge is 2.19. The fraction of sp³-hybridized carbons (Fsp3) is 0.421. The van der Waals surface area contributed by atoms with E-state index in [1.54, 1.807) is 11.3 Å². The molecule has 3 rings (SSSR count). The van der Waals surface area contributed by atoms with Crippen LogP contribution in [0.4, 0.5) is 5.69 Å². The van der Waals surface area contributed by atoms with Crippen molar-refractivity contribution in [2.45, 2.75) is 20.4 Å². The Labute approximate surface area is 158 Å². The smallest absolute Gasteiger partial charge is 0.238 e. The SMILES string of the molecule is Cc1ccc(NC(=O)CN2CCN(Cc3ccc(Cl)s3)CC2)cc1C. The molecule has 0 radical (unpaired) electrons. The van der Waals surface area contributed by atoms with Crippen LogP contribution in [0.25, 0.3) is 0 Å². The quantitative estimate of drug-likeness (QED) is 0.861. The lowest BCUT2D eigenvalue weighted by molar-refractivity contribution is -0.117. The number of piperazine rings is 1. The van der Waals surface area contributed by atoms with E-state index in [4.69, 9.17) is 11.6 Å². The number of hydrogen-bond acceptors (Lipinski definition) is 4. The van der Waals surface area contributed by atoms with Gasteiger partial charge in [0.1, 0.15) is 0 Å². The van der Waals surface area contributed by atoms with Crippen molar-refractivity contribution in [3.63, 3.8) is 0 Å². The van der Waals surface area contributed by atoms with Crippen LogP contribution in [0.15, 0.2) is 30.3 Å². The second-order valence-corrected chi connectivity index (χ2v) is 8.40. The third kappa shape index (κ3) is 5.28. The van der Waals surface area contributed by atoms with Gasteiger partial charge in [-0.05, 0) is 49.2 Å². The zero-order chi connectivity index (χ0) is 17.8. The van der Waals surface area contributed by atoms with E-state index in [1.807, 2.05) is 24.3 Å². The molecule has 1 aliphatic heterocycles. The summed E-state index contributed by atoms with van der Waals surface area (Å²) in [6.07, 6.45) is 0. The Bertz CT molecular complexity index is 738. The van der Waals surface area contributed by atoms with Gasteiger partial charge in [-0.2, -0.15) is 0 Å². The maximum Gasteiger partial charge on any atom is 0.238 e. The highest BCUT2D eigenvalue weighted by molar-refractivity contribution is 7.16. The van der Waals surface area contributed by atoms with E-state index in [1.165, 1.54) is 16.0 Å². The molecule has 0 aliphatic carbocycles. The molecule has 25 heavy (non-hydrogen) atoms. The average Bonchev–Trinajstić information content (AvgIpc) is 2.98. The number of halogens is 1. The van der Waals surface area contributed by atoms with Gasteiger partial charge in [-0.1, -0.05) is 17.7 Å². The Morgan fingerprint density at radius 1 is 1.08 bits per heavy atom. The lowest BCUT2D eigenvalue weighted by Crippen LogP contribution is -2.48. The Kier molecular flexibility index (Phi) is 6.12. The Morgan fingerprint density at radius 2 is 1.80 bits per heavy atom. The number of hydrogen-bond donors (Lipinski definition) is 1. The Morgan fingerprint density at radius 3 is 2.44 bits per heavy atom. The predicted molar refractivity (Wildman–Crippen MR) is 106 cm³/mol. The number of carbonyl (C=O) groups is 1. The summed E-state index contributed by atoms with van der Waals surface area (Å²) >= 11 is 7.63. The van der Waals surface area contributed by atoms with Gasteiger partial charge in [0.25, 0.3) is 0 Å². The second-order valence-electron chi connectivity index (χ2n) is 6.61. The van der Waals surface area contributed by atoms with Gasteiger partial charge in [-0.3, -0.25) is 14.6 Å². The number of benzene rings is 1. The first-order valence-corrected chi connectivity index (χ1v) is 9.75. The number of carbonyl (C=O) groups excluding carboxylic acids is 1. The Hall–Kier alpha value is -1.40. The van der Waals surface area contributed by atoms with Crippen LogP contribution in [0.1, 0.15) is 16.0 Å². The summed E-state index contributed by atoms with van der Waals surface area (Å²) in [5.74, 6) is 0.0572. The van der Waals surface area contributed by atoms with Gasteiger partial charge in [0.2, 0.25) is 5.91 Å². The molecule has 0 unspecified atom stereocenters. The van der Waals surface area contributed by atoms with Crippen LogP contribution < -0.4 is 5.32 Å². The second kappa shape index (κ2) is 8.32. The lowest BCUT2D eigenvalue weighted by atomic mass is 10.1. The molecule has 0 saturated carbocycles. The summed E-state index contributed by atoms with van der Waals surface area (Å²) < 4.78 is 0.844. The molecule has 1 aromatic heterocycles. The van der Waals surface area contributed by atoms with Crippen LogP contribution in [0.5, 0.6) is 0 Å². The molecule has 1 saturated heterocycles. The van der Waals surface area contributed by atoms with Crippen LogP contribution >= 0.6 is 22.9 Å². The maximum atomic E-state index is 12.3. The normalized spacial score (nSPS) is 16.1. The van der Waals surface area contributed by atoms with Crippen molar-refractivity contribution in [1.82, 2.24) is 9.80 Å². The first kappa shape index (κ1) is 18.4. The molecular weight excluding hydrogens is 354 g/mol. The zero-order valence-electron chi connectivity index (χ0n) is 14.7. The highest BCUT2D eigenvalue weighted by Crippen LogP contribution is 2.23. The lowest BCUT2D eigenvalue weighted by Gasteiger charge is -2.34. The highest BCUT2D eigenvalue weighted by atomic mass is 35.5. The van der Waals surface area contributed by atoms with Gasteiger partial charge in [0.15, 0.2) is 0 Å². The van der Waals surface area contributed by atoms with Gasteiger partial charge in [-0.15, -0.1) is 11.3 Å². The summed E-state index contributed by atoms with van der Waals surface area (Å²) in [7, 11) is 0. The number of thiophene rings is 1. The van der Waals surface area contributed by atoms with Crippen molar-refractivity contribution < 1.29 is 4.79 Å². The number of aryl methyl sites for hydroxylation is 2. The Balaban J connectivity index is 1.43. The van der Waals surface area contributed by atoms with E-state index in [2.05, 4.69) is 35.0 Å². The van der Waals surface area contributed by atoms with E-state index in [0.717, 1.165) is 42.7 Å². The fourth-order valence-electron chi connectivity index (χ4n) is 2.99. The van der Waals surface area contributed by atoms with E-state index in [9.17, 15) is 4.79 Å². The van der Waals surface area contributed by atoms with E-state index in [-0.39, 0.29) is 5.91 Å². The molecule has 1 amide bonds. The monoisotopic (exact) mass is 377 g/mol. The maximum absolute atomic E-state index is 12.3. The molecule has 0 bridgehead atoms. The third-order valence-corrected chi connectivity index (χ3v) is 5.85. The number of amides is 1. The van der Waals surface area contributed by atoms with Gasteiger partial charge in [0.05, 0.1) is 10.9 Å². The summed E-state index contributed by atoms with van der Waals surface area (Å²) in [4.78, 5) is 18.2. The van der Waals surface area contributed by atoms with Gasteiger partial charge < -0.3 is 5.32 Å². The first-order valence-electron chi connectivity index (χ1n) is 8.55. The van der Waals surface area contributed by atoms with Gasteiger partial charge in [0, 0.05) is 43.3 Å². The average molecular weight is 378 g/mol. The molecule has 1 N–H and O–H groups in total. The largest absolute Gasteiger partial charge is 0.325 e. The number of nitrogens with one attached hydrogen (secondary N) is 1. The number of nitrogens with zero attached hydrogens (tertiary/aromatic N) is 2. The van der Waals surface area contributed by atoms with Crippen molar-refractivity contribution >= 4 is 34.5 Å². The minimum atomic E-state index is 0.0572. The molecule has 1 fully saturated rings. The predicted octanol–water partition coefficient (Wildman–Crippen LogP) is 3.77. The van der Waals surface area contributed by atoms with Crippen molar-refractivity contribution in [3.8, 4) is 0 Å². The van der Waals surface area contributed by atoms with Crippen molar-refractivity contribution in [3.05, 3.63) is 50.7 Å². The molecule has 6 heteroatoms. The molecule has 4 nitrogen and oxygen atoms in total. The molecule has 134 valence electrons. The van der Waals surface area contributed by atoms with Crippen molar-refractivity contribution in [2.24, 2.45) is 0 Å². The molecule has 2 heterocycles. The molecule has 0 atom stereocenters. The summed E-state index contributed by atoms with van der Waals surface area (Å²) in [6, 6.07) is 10.1. The molecule has 1 aliphatic rings. The first-order chi connectivity index (χ1) is 12.0. The van der Waals surface area contributed by atoms with Crippen LogP contribution in [-0.2, 0) is 11.3 Å². The summed E-state index contributed by atoms with van der Waals surface area (Å²) in [5, 5.41) is 3.00. The van der Waals surface area contributed by atoms with E-state index >= 15 is 0 Å². The minimum Gasteiger partial charge on any atom is -0.325 e. The number of rotatable bonds is 5. The van der Waals surface area contributed by atoms with E-state index in [0.29, 0.717) is 6.54 Å².